The van der Waals surface area contributed by atoms with Gasteiger partial charge in [-0.3, -0.25) is 0 Å². The third kappa shape index (κ3) is 4.06. The first kappa shape index (κ1) is 15.7. The van der Waals surface area contributed by atoms with Crippen molar-refractivity contribution in [2.45, 2.75) is 52.7 Å². The molecule has 0 atom stereocenters. The molecule has 0 saturated carbocycles. The number of rotatable bonds is 5. The van der Waals surface area contributed by atoms with Crippen molar-refractivity contribution >= 4 is 5.82 Å². The number of aliphatic hydroxyl groups excluding tert-OH is 1. The number of pyridine rings is 1. The van der Waals surface area contributed by atoms with Crippen LogP contribution in [0.15, 0.2) is 24.8 Å². The molecule has 0 fully saturated rings. The highest BCUT2D eigenvalue weighted by molar-refractivity contribution is 5.46. The first-order valence-electron chi connectivity index (χ1n) is 6.80. The van der Waals surface area contributed by atoms with E-state index in [0.29, 0.717) is 5.92 Å². The Labute approximate surface area is 117 Å². The Morgan fingerprint density at radius 1 is 1.37 bits per heavy atom. The smallest absolute Gasteiger partial charge is 0.129 e. The summed E-state index contributed by atoms with van der Waals surface area (Å²) >= 11 is 0. The zero-order chi connectivity index (χ0) is 14.6. The van der Waals surface area contributed by atoms with E-state index < -0.39 is 0 Å². The Morgan fingerprint density at radius 2 is 2.00 bits per heavy atom. The van der Waals surface area contributed by atoms with Gasteiger partial charge >= 0.3 is 0 Å². The van der Waals surface area contributed by atoms with Crippen molar-refractivity contribution in [3.8, 4) is 0 Å². The van der Waals surface area contributed by atoms with Crippen LogP contribution in [0.1, 0.15) is 51.8 Å². The second-order valence-electron chi connectivity index (χ2n) is 6.14. The fraction of sp³-hybridized carbons (Fsp3) is 0.562. The predicted octanol–water partition coefficient (Wildman–Crippen LogP) is 3.49. The average Bonchev–Trinajstić information content (AvgIpc) is 2.33. The molecular formula is C16H26N2O. The minimum atomic E-state index is -0.0382. The molecule has 0 aliphatic rings. The summed E-state index contributed by atoms with van der Waals surface area (Å²) in [6.07, 6.45) is 1.88. The number of hydrogen-bond acceptors (Lipinski definition) is 3. The zero-order valence-electron chi connectivity index (χ0n) is 12.8. The van der Waals surface area contributed by atoms with Crippen LogP contribution < -0.4 is 4.90 Å². The summed E-state index contributed by atoms with van der Waals surface area (Å²) in [7, 11) is 0. The van der Waals surface area contributed by atoms with E-state index in [-0.39, 0.29) is 12.1 Å². The summed E-state index contributed by atoms with van der Waals surface area (Å²) in [5.41, 5.74) is 1.88. The largest absolute Gasteiger partial charge is 0.392 e. The van der Waals surface area contributed by atoms with Crippen molar-refractivity contribution in [3.05, 3.63) is 36.0 Å². The Morgan fingerprint density at radius 3 is 2.42 bits per heavy atom. The zero-order valence-corrected chi connectivity index (χ0v) is 12.8. The average molecular weight is 262 g/mol. The fourth-order valence-electron chi connectivity index (χ4n) is 1.96. The lowest BCUT2D eigenvalue weighted by Gasteiger charge is -2.36. The molecule has 0 radical (unpaired) electrons. The van der Waals surface area contributed by atoms with Gasteiger partial charge in [0.25, 0.3) is 0 Å². The molecule has 1 aromatic heterocycles. The summed E-state index contributed by atoms with van der Waals surface area (Å²) in [6.45, 7) is 15.3. The van der Waals surface area contributed by atoms with Crippen LogP contribution >= 0.6 is 0 Å². The standard InChI is InChI=1S/C16H26N2O/c1-7-8-18(16(4,5)6)15-10-13(11-19)9-14(17-15)12(2)3/h7,9-10,12,19H,1,8,11H2,2-6H3. The van der Waals surface area contributed by atoms with E-state index in [2.05, 4.69) is 46.1 Å². The van der Waals surface area contributed by atoms with Gasteiger partial charge < -0.3 is 10.0 Å². The number of anilines is 1. The monoisotopic (exact) mass is 262 g/mol. The number of aromatic nitrogens is 1. The summed E-state index contributed by atoms with van der Waals surface area (Å²) in [6, 6.07) is 3.93. The van der Waals surface area contributed by atoms with Crippen molar-refractivity contribution in [1.82, 2.24) is 4.98 Å². The topological polar surface area (TPSA) is 36.4 Å². The van der Waals surface area contributed by atoms with Crippen LogP contribution in [0.2, 0.25) is 0 Å². The maximum absolute atomic E-state index is 9.42. The van der Waals surface area contributed by atoms with Gasteiger partial charge in [0, 0.05) is 17.8 Å². The third-order valence-corrected chi connectivity index (χ3v) is 3.06. The van der Waals surface area contributed by atoms with Crippen LogP contribution in [0.25, 0.3) is 0 Å². The predicted molar refractivity (Wildman–Crippen MR) is 81.5 cm³/mol. The first-order valence-corrected chi connectivity index (χ1v) is 6.80. The highest BCUT2D eigenvalue weighted by atomic mass is 16.3. The van der Waals surface area contributed by atoms with Crippen molar-refractivity contribution < 1.29 is 5.11 Å². The van der Waals surface area contributed by atoms with E-state index in [4.69, 9.17) is 4.98 Å². The summed E-state index contributed by atoms with van der Waals surface area (Å²) < 4.78 is 0. The van der Waals surface area contributed by atoms with Crippen LogP contribution in [0.5, 0.6) is 0 Å². The Hall–Kier alpha value is -1.35. The van der Waals surface area contributed by atoms with Crippen molar-refractivity contribution in [3.63, 3.8) is 0 Å². The minimum Gasteiger partial charge on any atom is -0.392 e. The van der Waals surface area contributed by atoms with Crippen molar-refractivity contribution in [1.29, 1.82) is 0 Å². The summed E-state index contributed by atoms with van der Waals surface area (Å²) in [4.78, 5) is 6.93. The first-order chi connectivity index (χ1) is 8.79. The van der Waals surface area contributed by atoms with E-state index in [1.54, 1.807) is 0 Å². The lowest BCUT2D eigenvalue weighted by atomic mass is 10.0. The molecule has 106 valence electrons. The van der Waals surface area contributed by atoms with Crippen LogP contribution in [0.4, 0.5) is 5.82 Å². The van der Waals surface area contributed by atoms with Crippen molar-refractivity contribution in [2.24, 2.45) is 0 Å². The van der Waals surface area contributed by atoms with E-state index in [1.807, 2.05) is 18.2 Å². The molecule has 1 N–H and O–H groups in total. The molecule has 0 aliphatic heterocycles. The Bertz CT molecular complexity index is 433. The summed E-state index contributed by atoms with van der Waals surface area (Å²) in [5, 5.41) is 9.42. The van der Waals surface area contributed by atoms with E-state index >= 15 is 0 Å². The van der Waals surface area contributed by atoms with Gasteiger partial charge in [0.2, 0.25) is 0 Å². The fourth-order valence-corrected chi connectivity index (χ4v) is 1.96. The quantitative estimate of drug-likeness (QED) is 0.825. The van der Waals surface area contributed by atoms with Gasteiger partial charge in [-0.05, 0) is 44.4 Å². The molecule has 0 aromatic carbocycles. The molecule has 1 rings (SSSR count). The molecule has 0 spiro atoms. The van der Waals surface area contributed by atoms with Crippen LogP contribution in [-0.2, 0) is 6.61 Å². The highest BCUT2D eigenvalue weighted by Crippen LogP contribution is 2.25. The molecule has 1 heterocycles. The minimum absolute atomic E-state index is 0.0382. The SMILES string of the molecule is C=CCN(c1cc(CO)cc(C(C)C)n1)C(C)(C)C. The van der Waals surface area contributed by atoms with E-state index in [9.17, 15) is 5.11 Å². The lowest BCUT2D eigenvalue weighted by molar-refractivity contribution is 0.281. The molecule has 19 heavy (non-hydrogen) atoms. The number of hydrogen-bond donors (Lipinski definition) is 1. The highest BCUT2D eigenvalue weighted by Gasteiger charge is 2.22. The third-order valence-electron chi connectivity index (χ3n) is 3.06. The van der Waals surface area contributed by atoms with Gasteiger partial charge in [-0.25, -0.2) is 4.98 Å². The van der Waals surface area contributed by atoms with Crippen LogP contribution in [-0.4, -0.2) is 22.2 Å². The second-order valence-corrected chi connectivity index (χ2v) is 6.14. The van der Waals surface area contributed by atoms with Gasteiger partial charge in [-0.1, -0.05) is 19.9 Å². The molecule has 3 nitrogen and oxygen atoms in total. The maximum Gasteiger partial charge on any atom is 0.129 e. The van der Waals surface area contributed by atoms with Gasteiger partial charge in [-0.15, -0.1) is 6.58 Å². The number of nitrogens with zero attached hydrogens (tertiary/aromatic N) is 2. The van der Waals surface area contributed by atoms with Crippen LogP contribution in [0.3, 0.4) is 0 Å². The molecule has 1 aromatic rings. The van der Waals surface area contributed by atoms with E-state index in [0.717, 1.165) is 23.6 Å². The van der Waals surface area contributed by atoms with Crippen LogP contribution in [0, 0.1) is 0 Å². The normalized spacial score (nSPS) is 11.7. The Balaban J connectivity index is 3.29. The Kier molecular flexibility index (Phi) is 5.12. The molecule has 0 amide bonds. The molecule has 0 saturated heterocycles. The lowest BCUT2D eigenvalue weighted by Crippen LogP contribution is -2.42. The van der Waals surface area contributed by atoms with Crippen molar-refractivity contribution in [2.75, 3.05) is 11.4 Å². The number of aliphatic hydroxyl groups is 1. The van der Waals surface area contributed by atoms with Gasteiger partial charge in [0.05, 0.1) is 6.61 Å². The molecule has 0 unspecified atom stereocenters. The molecular weight excluding hydrogens is 236 g/mol. The summed E-state index contributed by atoms with van der Waals surface area (Å²) in [5.74, 6) is 1.25. The maximum atomic E-state index is 9.42. The van der Waals surface area contributed by atoms with Gasteiger partial charge in [-0.2, -0.15) is 0 Å². The van der Waals surface area contributed by atoms with Gasteiger partial charge in [0.1, 0.15) is 5.82 Å². The molecule has 0 aliphatic carbocycles. The second kappa shape index (κ2) is 6.20. The van der Waals surface area contributed by atoms with E-state index in [1.165, 1.54) is 0 Å². The molecule has 0 bridgehead atoms. The molecule has 3 heteroatoms. The van der Waals surface area contributed by atoms with Gasteiger partial charge in [0.15, 0.2) is 0 Å².